The van der Waals surface area contributed by atoms with Crippen molar-refractivity contribution in [2.45, 2.75) is 19.0 Å². The molecule has 0 heterocycles. The highest BCUT2D eigenvalue weighted by atomic mass is 16.3. The average molecular weight is 284 g/mol. The van der Waals surface area contributed by atoms with E-state index < -0.39 is 11.4 Å². The van der Waals surface area contributed by atoms with Crippen LogP contribution in [0, 0.1) is 0 Å². The van der Waals surface area contributed by atoms with Crippen LogP contribution in [0.2, 0.25) is 0 Å². The number of hydrogen-bond donors (Lipinski definition) is 3. The summed E-state index contributed by atoms with van der Waals surface area (Å²) in [6, 6.07) is 16.9. The highest BCUT2D eigenvalue weighted by Crippen LogP contribution is 2.21. The van der Waals surface area contributed by atoms with Gasteiger partial charge >= 0.3 is 0 Å². The number of aliphatic hydroxyl groups is 1. The van der Waals surface area contributed by atoms with Gasteiger partial charge in [-0.25, -0.2) is 0 Å². The third-order valence-electron chi connectivity index (χ3n) is 3.68. The zero-order chi connectivity index (χ0) is 15.3. The maximum absolute atomic E-state index is 11.4. The van der Waals surface area contributed by atoms with Gasteiger partial charge in [0.1, 0.15) is 0 Å². The predicted octanol–water partition coefficient (Wildman–Crippen LogP) is 1.78. The maximum Gasteiger partial charge on any atom is 0.249 e. The van der Waals surface area contributed by atoms with Crippen LogP contribution >= 0.6 is 0 Å². The summed E-state index contributed by atoms with van der Waals surface area (Å²) < 4.78 is 0. The molecule has 110 valence electrons. The number of carbonyl (C=O) groups excluding carboxylic acids is 1. The quantitative estimate of drug-likeness (QED) is 0.757. The van der Waals surface area contributed by atoms with Crippen LogP contribution in [-0.2, 0) is 12.1 Å². The molecule has 4 heteroatoms. The number of benzene rings is 2. The summed E-state index contributed by atoms with van der Waals surface area (Å²) >= 11 is 0. The van der Waals surface area contributed by atoms with Gasteiger partial charge in [-0.1, -0.05) is 48.5 Å². The van der Waals surface area contributed by atoms with E-state index in [4.69, 9.17) is 5.73 Å². The molecule has 0 bridgehead atoms. The lowest BCUT2D eigenvalue weighted by Crippen LogP contribution is -2.42. The number of nitrogens with two attached hydrogens (primary N) is 1. The van der Waals surface area contributed by atoms with E-state index in [9.17, 15) is 9.90 Å². The van der Waals surface area contributed by atoms with Crippen molar-refractivity contribution in [3.05, 3.63) is 71.3 Å². The standard InChI is InChI=1S/C17H20N2O2/c1-17(12-20,14-8-3-2-4-9-14)19-11-13-7-5-6-10-15(13)16(18)21/h2-10,19-20H,11-12H2,1H3,(H2,18,21). The van der Waals surface area contributed by atoms with Crippen LogP contribution in [0.1, 0.15) is 28.4 Å². The second kappa shape index (κ2) is 6.52. The maximum atomic E-state index is 11.4. The first-order valence-electron chi connectivity index (χ1n) is 6.86. The van der Waals surface area contributed by atoms with Gasteiger partial charge in [0.05, 0.1) is 12.1 Å². The summed E-state index contributed by atoms with van der Waals surface area (Å²) in [4.78, 5) is 11.4. The van der Waals surface area contributed by atoms with Crippen molar-refractivity contribution < 1.29 is 9.90 Å². The van der Waals surface area contributed by atoms with Crippen molar-refractivity contribution in [2.75, 3.05) is 6.61 Å². The molecule has 0 saturated carbocycles. The molecule has 4 nitrogen and oxygen atoms in total. The van der Waals surface area contributed by atoms with E-state index in [1.807, 2.05) is 49.4 Å². The molecule has 0 fully saturated rings. The second-order valence-corrected chi connectivity index (χ2v) is 5.23. The van der Waals surface area contributed by atoms with Crippen LogP contribution in [0.5, 0.6) is 0 Å². The van der Waals surface area contributed by atoms with Crippen LogP contribution in [0.3, 0.4) is 0 Å². The van der Waals surface area contributed by atoms with Gasteiger partial charge in [-0.05, 0) is 24.1 Å². The number of nitrogens with one attached hydrogen (secondary N) is 1. The van der Waals surface area contributed by atoms with Gasteiger partial charge in [0, 0.05) is 12.1 Å². The molecule has 0 aliphatic carbocycles. The Morgan fingerprint density at radius 2 is 1.76 bits per heavy atom. The number of hydrogen-bond acceptors (Lipinski definition) is 3. The lowest BCUT2D eigenvalue weighted by atomic mass is 9.92. The van der Waals surface area contributed by atoms with Gasteiger partial charge in [0.2, 0.25) is 5.91 Å². The fraction of sp³-hybridized carbons (Fsp3) is 0.235. The first-order valence-corrected chi connectivity index (χ1v) is 6.86. The van der Waals surface area contributed by atoms with Crippen LogP contribution in [0.4, 0.5) is 0 Å². The van der Waals surface area contributed by atoms with Crippen molar-refractivity contribution in [1.82, 2.24) is 5.32 Å². The van der Waals surface area contributed by atoms with Gasteiger partial charge in [0.15, 0.2) is 0 Å². The SMILES string of the molecule is CC(CO)(NCc1ccccc1C(N)=O)c1ccccc1. The number of primary amides is 1. The van der Waals surface area contributed by atoms with Gasteiger partial charge < -0.3 is 16.2 Å². The van der Waals surface area contributed by atoms with Crippen LogP contribution in [0.15, 0.2) is 54.6 Å². The van der Waals surface area contributed by atoms with Crippen molar-refractivity contribution in [1.29, 1.82) is 0 Å². The Morgan fingerprint density at radius 3 is 2.38 bits per heavy atom. The van der Waals surface area contributed by atoms with E-state index in [-0.39, 0.29) is 6.61 Å². The Bertz CT molecular complexity index is 613. The minimum Gasteiger partial charge on any atom is -0.394 e. The summed E-state index contributed by atoms with van der Waals surface area (Å²) in [5, 5.41) is 13.1. The van der Waals surface area contributed by atoms with Crippen molar-refractivity contribution in [3.8, 4) is 0 Å². The Morgan fingerprint density at radius 1 is 1.14 bits per heavy atom. The van der Waals surface area contributed by atoms with Gasteiger partial charge in [-0.2, -0.15) is 0 Å². The third kappa shape index (κ3) is 3.48. The van der Waals surface area contributed by atoms with Crippen LogP contribution in [0.25, 0.3) is 0 Å². The lowest BCUT2D eigenvalue weighted by Gasteiger charge is -2.30. The van der Waals surface area contributed by atoms with Gasteiger partial charge in [-0.15, -0.1) is 0 Å². The number of aliphatic hydroxyl groups excluding tert-OH is 1. The normalized spacial score (nSPS) is 13.6. The highest BCUT2D eigenvalue weighted by Gasteiger charge is 2.25. The van der Waals surface area contributed by atoms with E-state index in [1.54, 1.807) is 12.1 Å². The fourth-order valence-electron chi connectivity index (χ4n) is 2.26. The zero-order valence-electron chi connectivity index (χ0n) is 12.0. The van der Waals surface area contributed by atoms with E-state index in [2.05, 4.69) is 5.32 Å². The minimum atomic E-state index is -0.577. The molecule has 0 spiro atoms. The minimum absolute atomic E-state index is 0.0459. The number of amides is 1. The molecule has 2 aromatic rings. The molecule has 1 atom stereocenters. The molecule has 1 unspecified atom stereocenters. The number of rotatable bonds is 6. The second-order valence-electron chi connectivity index (χ2n) is 5.23. The zero-order valence-corrected chi connectivity index (χ0v) is 12.0. The topological polar surface area (TPSA) is 75.3 Å². The average Bonchev–Trinajstić information content (AvgIpc) is 2.53. The van der Waals surface area contributed by atoms with Crippen molar-refractivity contribution in [2.24, 2.45) is 5.73 Å². The Hall–Kier alpha value is -2.17. The van der Waals surface area contributed by atoms with E-state index >= 15 is 0 Å². The summed E-state index contributed by atoms with van der Waals surface area (Å²) in [5.74, 6) is -0.446. The molecule has 0 saturated heterocycles. The van der Waals surface area contributed by atoms with Crippen LogP contribution in [-0.4, -0.2) is 17.6 Å². The largest absolute Gasteiger partial charge is 0.394 e. The molecule has 2 aromatic carbocycles. The molecule has 2 rings (SSSR count). The molecule has 0 aliphatic heterocycles. The summed E-state index contributed by atoms with van der Waals surface area (Å²) in [5.41, 5.74) is 7.11. The van der Waals surface area contributed by atoms with E-state index in [0.29, 0.717) is 12.1 Å². The molecule has 0 aliphatic rings. The van der Waals surface area contributed by atoms with Gasteiger partial charge in [-0.3, -0.25) is 4.79 Å². The Kier molecular flexibility index (Phi) is 4.73. The predicted molar refractivity (Wildman–Crippen MR) is 82.7 cm³/mol. The van der Waals surface area contributed by atoms with Crippen LogP contribution < -0.4 is 11.1 Å². The third-order valence-corrected chi connectivity index (χ3v) is 3.68. The highest BCUT2D eigenvalue weighted by molar-refractivity contribution is 5.94. The monoisotopic (exact) mass is 284 g/mol. The molecule has 0 radical (unpaired) electrons. The smallest absolute Gasteiger partial charge is 0.249 e. The lowest BCUT2D eigenvalue weighted by molar-refractivity contribution is 0.0999. The first kappa shape index (κ1) is 15.2. The molecule has 21 heavy (non-hydrogen) atoms. The molecule has 0 aromatic heterocycles. The molecular weight excluding hydrogens is 264 g/mol. The van der Waals surface area contributed by atoms with E-state index in [1.165, 1.54) is 0 Å². The Labute approximate surface area is 124 Å². The molecule has 1 amide bonds. The van der Waals surface area contributed by atoms with Crippen molar-refractivity contribution >= 4 is 5.91 Å². The molecular formula is C17H20N2O2. The van der Waals surface area contributed by atoms with Crippen molar-refractivity contribution in [3.63, 3.8) is 0 Å². The molecule has 4 N–H and O–H groups in total. The summed E-state index contributed by atoms with van der Waals surface area (Å²) in [6.45, 7) is 2.33. The summed E-state index contributed by atoms with van der Waals surface area (Å²) in [7, 11) is 0. The fourth-order valence-corrected chi connectivity index (χ4v) is 2.26. The Balaban J connectivity index is 2.20. The summed E-state index contributed by atoms with van der Waals surface area (Å²) in [6.07, 6.45) is 0. The first-order chi connectivity index (χ1) is 10.1. The number of carbonyl (C=O) groups is 1. The van der Waals surface area contributed by atoms with E-state index in [0.717, 1.165) is 11.1 Å². The van der Waals surface area contributed by atoms with Gasteiger partial charge in [0.25, 0.3) is 0 Å².